The first-order chi connectivity index (χ1) is 12.0. The van der Waals surface area contributed by atoms with Gasteiger partial charge >= 0.3 is 0 Å². The Bertz CT molecular complexity index is 726. The first-order valence-corrected chi connectivity index (χ1v) is 10.5. The molecule has 0 aliphatic carbocycles. The predicted octanol–water partition coefficient (Wildman–Crippen LogP) is 3.28. The summed E-state index contributed by atoms with van der Waals surface area (Å²) >= 11 is 0. The highest BCUT2D eigenvalue weighted by molar-refractivity contribution is 14.0. The topological polar surface area (TPSA) is 79.8 Å². The van der Waals surface area contributed by atoms with Crippen molar-refractivity contribution in [1.82, 2.24) is 10.6 Å². The molecule has 0 aliphatic heterocycles. The third kappa shape index (κ3) is 8.68. The molecular formula is C19H34IN3O3S. The zero-order valence-corrected chi connectivity index (χ0v) is 20.6. The zero-order valence-electron chi connectivity index (χ0n) is 17.4. The molecule has 0 aromatic heterocycles. The van der Waals surface area contributed by atoms with Crippen LogP contribution in [0, 0.1) is 6.92 Å². The van der Waals surface area contributed by atoms with Gasteiger partial charge < -0.3 is 15.4 Å². The maximum atomic E-state index is 12.2. The lowest BCUT2D eigenvalue weighted by Crippen LogP contribution is -2.41. The van der Waals surface area contributed by atoms with Gasteiger partial charge in [-0.2, -0.15) is 0 Å². The molecule has 156 valence electrons. The Kier molecular flexibility index (Phi) is 10.7. The van der Waals surface area contributed by atoms with Crippen LogP contribution < -0.4 is 15.4 Å². The molecule has 0 bridgehead atoms. The van der Waals surface area contributed by atoms with E-state index >= 15 is 0 Å². The molecular weight excluding hydrogens is 477 g/mol. The van der Waals surface area contributed by atoms with E-state index in [9.17, 15) is 8.42 Å². The smallest absolute Gasteiger partial charge is 0.191 e. The fourth-order valence-corrected chi connectivity index (χ4v) is 3.16. The highest BCUT2D eigenvalue weighted by atomic mass is 127. The fourth-order valence-electron chi connectivity index (χ4n) is 2.18. The van der Waals surface area contributed by atoms with E-state index in [2.05, 4.69) is 15.6 Å². The standard InChI is InChI=1S/C19H33N3O3S.HI/c1-14(2)25-17-12-15(3)8-9-16(17)13-22-18(20-7)21-10-11-26(23,24)19(4,5)6;/h8-9,12,14H,10-11,13H2,1-7H3,(H2,20,21,22);1H. The number of nitrogens with one attached hydrogen (secondary N) is 2. The first kappa shape index (κ1) is 26.0. The van der Waals surface area contributed by atoms with Crippen molar-refractivity contribution in [2.45, 2.75) is 58.9 Å². The van der Waals surface area contributed by atoms with Crippen molar-refractivity contribution in [1.29, 1.82) is 0 Å². The van der Waals surface area contributed by atoms with Crippen molar-refractivity contribution in [3.8, 4) is 5.75 Å². The lowest BCUT2D eigenvalue weighted by Gasteiger charge is -2.20. The number of benzene rings is 1. The lowest BCUT2D eigenvalue weighted by atomic mass is 10.1. The number of aryl methyl sites for hydroxylation is 1. The van der Waals surface area contributed by atoms with Crippen LogP contribution in [0.25, 0.3) is 0 Å². The van der Waals surface area contributed by atoms with E-state index < -0.39 is 14.6 Å². The molecule has 1 rings (SSSR count). The molecule has 27 heavy (non-hydrogen) atoms. The zero-order chi connectivity index (χ0) is 20.0. The van der Waals surface area contributed by atoms with E-state index in [1.165, 1.54) is 0 Å². The number of hydrogen-bond donors (Lipinski definition) is 2. The summed E-state index contributed by atoms with van der Waals surface area (Å²) in [5, 5.41) is 6.27. The number of guanidine groups is 1. The number of ether oxygens (including phenoxy) is 1. The van der Waals surface area contributed by atoms with Gasteiger partial charge in [-0.3, -0.25) is 4.99 Å². The minimum Gasteiger partial charge on any atom is -0.491 e. The van der Waals surface area contributed by atoms with Crippen molar-refractivity contribution >= 4 is 39.8 Å². The Morgan fingerprint density at radius 3 is 2.37 bits per heavy atom. The van der Waals surface area contributed by atoms with Gasteiger partial charge in [0.15, 0.2) is 15.8 Å². The van der Waals surface area contributed by atoms with Gasteiger partial charge in [-0.15, -0.1) is 24.0 Å². The molecule has 0 aliphatic rings. The Morgan fingerprint density at radius 2 is 1.85 bits per heavy atom. The number of hydrogen-bond acceptors (Lipinski definition) is 4. The third-order valence-corrected chi connectivity index (χ3v) is 6.46. The number of rotatable bonds is 7. The summed E-state index contributed by atoms with van der Waals surface area (Å²) in [6, 6.07) is 6.08. The van der Waals surface area contributed by atoms with Gasteiger partial charge in [0, 0.05) is 25.7 Å². The molecule has 0 fully saturated rings. The molecule has 0 radical (unpaired) electrons. The van der Waals surface area contributed by atoms with Crippen LogP contribution in [0.4, 0.5) is 0 Å². The molecule has 0 saturated heterocycles. The molecule has 1 aromatic carbocycles. The van der Waals surface area contributed by atoms with Crippen molar-refractivity contribution in [2.24, 2.45) is 4.99 Å². The van der Waals surface area contributed by atoms with Crippen LogP contribution in [0.15, 0.2) is 23.2 Å². The normalized spacial score (nSPS) is 12.5. The van der Waals surface area contributed by atoms with Crippen LogP contribution in [0.3, 0.4) is 0 Å². The minimum absolute atomic E-state index is 0. The van der Waals surface area contributed by atoms with E-state index in [-0.39, 0.29) is 35.8 Å². The second-order valence-electron chi connectivity index (χ2n) is 7.56. The number of nitrogens with zero attached hydrogens (tertiary/aromatic N) is 1. The van der Waals surface area contributed by atoms with E-state index in [0.29, 0.717) is 19.0 Å². The summed E-state index contributed by atoms with van der Waals surface area (Å²) in [7, 11) is -1.50. The van der Waals surface area contributed by atoms with Crippen molar-refractivity contribution in [3.05, 3.63) is 29.3 Å². The van der Waals surface area contributed by atoms with E-state index in [0.717, 1.165) is 16.9 Å². The van der Waals surface area contributed by atoms with Crippen molar-refractivity contribution in [2.75, 3.05) is 19.3 Å². The molecule has 0 heterocycles. The summed E-state index contributed by atoms with van der Waals surface area (Å²) in [4.78, 5) is 4.15. The predicted molar refractivity (Wildman–Crippen MR) is 124 cm³/mol. The molecule has 0 unspecified atom stereocenters. The summed E-state index contributed by atoms with van der Waals surface area (Å²) in [6.45, 7) is 12.0. The summed E-state index contributed by atoms with van der Waals surface area (Å²) in [5.41, 5.74) is 2.16. The third-order valence-electron chi connectivity index (χ3n) is 3.85. The monoisotopic (exact) mass is 511 g/mol. The van der Waals surface area contributed by atoms with Crippen LogP contribution in [-0.4, -0.2) is 44.6 Å². The molecule has 6 nitrogen and oxygen atoms in total. The molecule has 0 atom stereocenters. The van der Waals surface area contributed by atoms with Gasteiger partial charge in [-0.05, 0) is 53.2 Å². The number of aliphatic imine (C=N–C) groups is 1. The molecule has 2 N–H and O–H groups in total. The van der Waals surface area contributed by atoms with Gasteiger partial charge in [0.25, 0.3) is 0 Å². The largest absolute Gasteiger partial charge is 0.491 e. The summed E-state index contributed by atoms with van der Waals surface area (Å²) in [5.74, 6) is 1.46. The quantitative estimate of drug-likeness (QED) is 0.334. The van der Waals surface area contributed by atoms with Gasteiger partial charge in [-0.25, -0.2) is 8.42 Å². The Labute approximate surface area is 181 Å². The van der Waals surface area contributed by atoms with Crippen LogP contribution in [-0.2, 0) is 16.4 Å². The fraction of sp³-hybridized carbons (Fsp3) is 0.632. The molecule has 1 aromatic rings. The second kappa shape index (κ2) is 11.1. The van der Waals surface area contributed by atoms with Crippen molar-refractivity contribution < 1.29 is 13.2 Å². The Hall–Kier alpha value is -1.03. The van der Waals surface area contributed by atoms with Crippen LogP contribution in [0.5, 0.6) is 5.75 Å². The average Bonchev–Trinajstić information content (AvgIpc) is 2.50. The van der Waals surface area contributed by atoms with Crippen LogP contribution in [0.2, 0.25) is 0 Å². The molecule has 0 saturated carbocycles. The van der Waals surface area contributed by atoms with E-state index in [1.54, 1.807) is 27.8 Å². The molecule has 0 amide bonds. The highest BCUT2D eigenvalue weighted by Crippen LogP contribution is 2.21. The van der Waals surface area contributed by atoms with E-state index in [1.807, 2.05) is 39.0 Å². The van der Waals surface area contributed by atoms with Gasteiger partial charge in [0.05, 0.1) is 16.6 Å². The van der Waals surface area contributed by atoms with Crippen LogP contribution in [0.1, 0.15) is 45.7 Å². The van der Waals surface area contributed by atoms with Crippen molar-refractivity contribution in [3.63, 3.8) is 0 Å². The highest BCUT2D eigenvalue weighted by Gasteiger charge is 2.28. The number of sulfone groups is 1. The molecule has 0 spiro atoms. The van der Waals surface area contributed by atoms with E-state index in [4.69, 9.17) is 4.74 Å². The summed E-state index contributed by atoms with van der Waals surface area (Å²) < 4.78 is 29.4. The maximum absolute atomic E-state index is 12.2. The summed E-state index contributed by atoms with van der Waals surface area (Å²) in [6.07, 6.45) is 0.0931. The Morgan fingerprint density at radius 1 is 1.22 bits per heavy atom. The first-order valence-electron chi connectivity index (χ1n) is 8.89. The van der Waals surface area contributed by atoms with Gasteiger partial charge in [0.1, 0.15) is 5.75 Å². The maximum Gasteiger partial charge on any atom is 0.191 e. The van der Waals surface area contributed by atoms with Crippen LogP contribution >= 0.6 is 24.0 Å². The van der Waals surface area contributed by atoms with Gasteiger partial charge in [-0.1, -0.05) is 12.1 Å². The second-order valence-corrected chi connectivity index (χ2v) is 10.4. The number of halogens is 1. The molecule has 8 heteroatoms. The minimum atomic E-state index is -3.16. The lowest BCUT2D eigenvalue weighted by molar-refractivity contribution is 0.239. The Balaban J connectivity index is 0.00000676. The SMILES string of the molecule is CN=C(NCCS(=O)(=O)C(C)(C)C)NCc1ccc(C)cc1OC(C)C.I. The van der Waals surface area contributed by atoms with Gasteiger partial charge in [0.2, 0.25) is 0 Å². The average molecular weight is 511 g/mol.